The Labute approximate surface area is 191 Å². The minimum Gasteiger partial charge on any atom is -0.475 e. The average molecular weight is 471 g/mol. The van der Waals surface area contributed by atoms with Crippen LogP contribution in [0.4, 0.5) is 29.1 Å². The summed E-state index contributed by atoms with van der Waals surface area (Å²) >= 11 is 0. The zero-order valence-electron chi connectivity index (χ0n) is 17.3. The third-order valence-electron chi connectivity index (χ3n) is 4.16. The second-order valence-electron chi connectivity index (χ2n) is 6.64. The van der Waals surface area contributed by atoms with Crippen LogP contribution in [-0.2, 0) is 4.79 Å². The molecular weight excluding hydrogens is 454 g/mol. The van der Waals surface area contributed by atoms with E-state index in [4.69, 9.17) is 14.6 Å². The van der Waals surface area contributed by atoms with Crippen LogP contribution in [0.5, 0.6) is 11.6 Å². The van der Waals surface area contributed by atoms with Crippen LogP contribution in [0.25, 0.3) is 11.1 Å². The molecular formula is C24H17F4N3O3. The number of benzene rings is 2. The molecule has 0 aliphatic heterocycles. The average Bonchev–Trinajstić information content (AvgIpc) is 2.81. The number of nitrogens with zero attached hydrogens (tertiary/aromatic N) is 2. The lowest BCUT2D eigenvalue weighted by molar-refractivity contribution is -0.192. The number of halogens is 4. The molecule has 0 amide bonds. The third-order valence-corrected chi connectivity index (χ3v) is 4.16. The van der Waals surface area contributed by atoms with E-state index < -0.39 is 12.1 Å². The summed E-state index contributed by atoms with van der Waals surface area (Å²) in [6, 6.07) is 23.2. The standard InChI is InChI=1S/C22H16FN3O.C2HF3O2/c23-17-6-3-5-16(15-17)20-7-4-14-25-22(20)27-19-11-9-18(10-12-19)26-21-8-1-2-13-24-21;3-2(4,5)1(6)7/h1-15H,(H,24,26);(H,6,7). The Kier molecular flexibility index (Phi) is 7.75. The predicted molar refractivity (Wildman–Crippen MR) is 117 cm³/mol. The van der Waals surface area contributed by atoms with Gasteiger partial charge in [0.2, 0.25) is 5.88 Å². The summed E-state index contributed by atoms with van der Waals surface area (Å²) in [5.74, 6) is -1.23. The number of ether oxygens (including phenoxy) is 1. The molecule has 0 radical (unpaired) electrons. The first-order chi connectivity index (χ1) is 16.2. The van der Waals surface area contributed by atoms with Gasteiger partial charge in [0.25, 0.3) is 0 Å². The molecule has 0 saturated carbocycles. The number of hydrogen-bond acceptors (Lipinski definition) is 5. The second kappa shape index (κ2) is 10.9. The first kappa shape index (κ1) is 24.2. The second-order valence-corrected chi connectivity index (χ2v) is 6.64. The van der Waals surface area contributed by atoms with Crippen molar-refractivity contribution in [3.05, 3.63) is 97.1 Å². The van der Waals surface area contributed by atoms with Crippen molar-refractivity contribution in [2.45, 2.75) is 6.18 Å². The molecule has 34 heavy (non-hydrogen) atoms. The minimum absolute atomic E-state index is 0.299. The Bertz CT molecular complexity index is 1230. The van der Waals surface area contributed by atoms with Crippen LogP contribution in [0.3, 0.4) is 0 Å². The molecule has 2 aromatic carbocycles. The maximum absolute atomic E-state index is 13.6. The fraction of sp³-hybridized carbons (Fsp3) is 0.0417. The van der Waals surface area contributed by atoms with E-state index in [9.17, 15) is 17.6 Å². The van der Waals surface area contributed by atoms with Gasteiger partial charge in [0, 0.05) is 23.6 Å². The van der Waals surface area contributed by atoms with Gasteiger partial charge < -0.3 is 15.2 Å². The van der Waals surface area contributed by atoms with E-state index in [0.29, 0.717) is 17.2 Å². The van der Waals surface area contributed by atoms with E-state index in [0.717, 1.165) is 17.1 Å². The normalized spacial score (nSPS) is 10.6. The molecule has 0 bridgehead atoms. The number of rotatable bonds is 5. The van der Waals surface area contributed by atoms with Gasteiger partial charge in [0.1, 0.15) is 17.4 Å². The van der Waals surface area contributed by atoms with Gasteiger partial charge >= 0.3 is 12.1 Å². The lowest BCUT2D eigenvalue weighted by atomic mass is 10.1. The quantitative estimate of drug-likeness (QED) is 0.326. The van der Waals surface area contributed by atoms with E-state index in [2.05, 4.69) is 15.3 Å². The van der Waals surface area contributed by atoms with E-state index in [1.807, 2.05) is 54.6 Å². The third kappa shape index (κ3) is 7.02. The van der Waals surface area contributed by atoms with Crippen LogP contribution < -0.4 is 10.1 Å². The summed E-state index contributed by atoms with van der Waals surface area (Å²) in [5, 5.41) is 10.3. The molecule has 0 unspecified atom stereocenters. The lowest BCUT2D eigenvalue weighted by Gasteiger charge is -2.11. The van der Waals surface area contributed by atoms with E-state index in [-0.39, 0.29) is 5.82 Å². The highest BCUT2D eigenvalue weighted by atomic mass is 19.4. The zero-order chi connectivity index (χ0) is 24.6. The van der Waals surface area contributed by atoms with Crippen molar-refractivity contribution in [3.8, 4) is 22.8 Å². The van der Waals surface area contributed by atoms with Gasteiger partial charge in [-0.3, -0.25) is 0 Å². The largest absolute Gasteiger partial charge is 0.490 e. The molecule has 2 aromatic heterocycles. The van der Waals surface area contributed by atoms with Crippen molar-refractivity contribution in [1.29, 1.82) is 0 Å². The summed E-state index contributed by atoms with van der Waals surface area (Å²) in [4.78, 5) is 17.4. The molecule has 6 nitrogen and oxygen atoms in total. The fourth-order valence-corrected chi connectivity index (χ4v) is 2.65. The highest BCUT2D eigenvalue weighted by Crippen LogP contribution is 2.32. The molecule has 0 saturated heterocycles. The predicted octanol–water partition coefficient (Wildman–Crippen LogP) is 6.45. The van der Waals surface area contributed by atoms with Crippen LogP contribution in [0.15, 0.2) is 91.3 Å². The molecule has 0 fully saturated rings. The highest BCUT2D eigenvalue weighted by Gasteiger charge is 2.38. The number of aliphatic carboxylic acids is 1. The van der Waals surface area contributed by atoms with Crippen molar-refractivity contribution in [2.24, 2.45) is 0 Å². The van der Waals surface area contributed by atoms with Gasteiger partial charge in [-0.15, -0.1) is 0 Å². The van der Waals surface area contributed by atoms with Crippen molar-refractivity contribution in [3.63, 3.8) is 0 Å². The number of nitrogens with one attached hydrogen (secondary N) is 1. The first-order valence-electron chi connectivity index (χ1n) is 9.69. The molecule has 0 atom stereocenters. The number of carboxylic acid groups (broad SMARTS) is 1. The first-order valence-corrected chi connectivity index (χ1v) is 9.69. The Morgan fingerprint density at radius 2 is 1.59 bits per heavy atom. The SMILES string of the molecule is Fc1cccc(-c2cccnc2Oc2ccc(Nc3ccccn3)cc2)c1.O=C(O)C(F)(F)F. The highest BCUT2D eigenvalue weighted by molar-refractivity contribution is 5.73. The summed E-state index contributed by atoms with van der Waals surface area (Å²) in [6.07, 6.45) is -1.70. The molecule has 2 N–H and O–H groups in total. The van der Waals surface area contributed by atoms with Crippen molar-refractivity contribution < 1.29 is 32.2 Å². The molecule has 10 heteroatoms. The molecule has 4 rings (SSSR count). The molecule has 2 heterocycles. The number of carbonyl (C=O) groups is 1. The monoisotopic (exact) mass is 471 g/mol. The smallest absolute Gasteiger partial charge is 0.475 e. The molecule has 0 aliphatic rings. The van der Waals surface area contributed by atoms with Gasteiger partial charge in [-0.05, 0) is 66.2 Å². The Hall–Kier alpha value is -4.47. The van der Waals surface area contributed by atoms with E-state index in [1.54, 1.807) is 24.5 Å². The number of anilines is 2. The number of hydrogen-bond donors (Lipinski definition) is 2. The summed E-state index contributed by atoms with van der Waals surface area (Å²) in [6.45, 7) is 0. The Morgan fingerprint density at radius 1 is 0.882 bits per heavy atom. The minimum atomic E-state index is -5.08. The topological polar surface area (TPSA) is 84.3 Å². The maximum atomic E-state index is 13.6. The zero-order valence-corrected chi connectivity index (χ0v) is 17.3. The summed E-state index contributed by atoms with van der Waals surface area (Å²) in [7, 11) is 0. The van der Waals surface area contributed by atoms with Crippen molar-refractivity contribution >= 4 is 17.5 Å². The van der Waals surface area contributed by atoms with Gasteiger partial charge in [-0.1, -0.05) is 18.2 Å². The van der Waals surface area contributed by atoms with Gasteiger partial charge in [0.05, 0.1) is 0 Å². The van der Waals surface area contributed by atoms with Gasteiger partial charge in [-0.2, -0.15) is 13.2 Å². The van der Waals surface area contributed by atoms with Crippen LogP contribution >= 0.6 is 0 Å². The number of carboxylic acids is 1. The van der Waals surface area contributed by atoms with Crippen LogP contribution in [0.1, 0.15) is 0 Å². The van der Waals surface area contributed by atoms with E-state index in [1.165, 1.54) is 12.1 Å². The maximum Gasteiger partial charge on any atom is 0.490 e. The Morgan fingerprint density at radius 3 is 2.21 bits per heavy atom. The molecule has 0 aliphatic carbocycles. The molecule has 174 valence electrons. The molecule has 0 spiro atoms. The lowest BCUT2D eigenvalue weighted by Crippen LogP contribution is -2.21. The van der Waals surface area contributed by atoms with E-state index >= 15 is 0 Å². The van der Waals surface area contributed by atoms with Gasteiger partial charge in [-0.25, -0.2) is 19.2 Å². The van der Waals surface area contributed by atoms with Crippen molar-refractivity contribution in [2.75, 3.05) is 5.32 Å². The van der Waals surface area contributed by atoms with Gasteiger partial charge in [0.15, 0.2) is 0 Å². The fourth-order valence-electron chi connectivity index (χ4n) is 2.65. The number of pyridine rings is 2. The number of aromatic nitrogens is 2. The van der Waals surface area contributed by atoms with Crippen LogP contribution in [-0.4, -0.2) is 27.2 Å². The summed E-state index contributed by atoms with van der Waals surface area (Å²) < 4.78 is 51.2. The molecule has 4 aromatic rings. The number of alkyl halides is 3. The van der Waals surface area contributed by atoms with Crippen LogP contribution in [0, 0.1) is 5.82 Å². The van der Waals surface area contributed by atoms with Crippen molar-refractivity contribution in [1.82, 2.24) is 9.97 Å². The van der Waals surface area contributed by atoms with Crippen LogP contribution in [0.2, 0.25) is 0 Å². The Balaban J connectivity index is 0.000000406. The summed E-state index contributed by atoms with van der Waals surface area (Å²) in [5.41, 5.74) is 2.34.